The molecule has 0 saturated carbocycles. The van der Waals surface area contributed by atoms with Crippen molar-refractivity contribution in [2.75, 3.05) is 0 Å². The van der Waals surface area contributed by atoms with Crippen LogP contribution in [0.1, 0.15) is 11.1 Å². The molecule has 15 heavy (non-hydrogen) atoms. The lowest BCUT2D eigenvalue weighted by Crippen LogP contribution is -2.16. The second-order valence-corrected chi connectivity index (χ2v) is 3.97. The standard InChI is InChI=1S/C14H9N/c1-3-9-10-5-2-6-12(10)14-13(7-8-15-14)11(9)4-1/h1-8,15H. The van der Waals surface area contributed by atoms with Crippen molar-refractivity contribution in [1.82, 2.24) is 4.98 Å². The van der Waals surface area contributed by atoms with E-state index in [1.165, 1.54) is 32.5 Å². The molecule has 0 radical (unpaired) electrons. The summed E-state index contributed by atoms with van der Waals surface area (Å²) < 4.78 is 0. The van der Waals surface area contributed by atoms with E-state index in [-0.39, 0.29) is 0 Å². The van der Waals surface area contributed by atoms with E-state index in [0.29, 0.717) is 0 Å². The van der Waals surface area contributed by atoms with Gasteiger partial charge >= 0.3 is 0 Å². The maximum Gasteiger partial charge on any atom is 0.0540 e. The van der Waals surface area contributed by atoms with Crippen LogP contribution in [0.2, 0.25) is 0 Å². The van der Waals surface area contributed by atoms with Crippen LogP contribution in [0.4, 0.5) is 0 Å². The lowest BCUT2D eigenvalue weighted by Gasteiger charge is -2.01. The predicted molar refractivity (Wildman–Crippen MR) is 64.5 cm³/mol. The smallest absolute Gasteiger partial charge is 0.0540 e. The number of H-pyrrole nitrogens is 1. The normalized spacial score (nSPS) is 15.2. The molecule has 0 atom stereocenters. The summed E-state index contributed by atoms with van der Waals surface area (Å²) in [6.45, 7) is 0. The highest BCUT2D eigenvalue weighted by molar-refractivity contribution is 5.94. The molecular formula is C14H9N. The van der Waals surface area contributed by atoms with E-state index < -0.39 is 0 Å². The van der Waals surface area contributed by atoms with E-state index >= 15 is 0 Å². The molecule has 0 spiro atoms. The van der Waals surface area contributed by atoms with Crippen molar-refractivity contribution in [2.45, 2.75) is 0 Å². The molecule has 70 valence electrons. The Bertz CT molecular complexity index is 691. The van der Waals surface area contributed by atoms with Gasteiger partial charge in [0.2, 0.25) is 0 Å². The molecule has 1 aromatic carbocycles. The van der Waals surface area contributed by atoms with Gasteiger partial charge in [0, 0.05) is 16.8 Å². The number of hydrogen-bond acceptors (Lipinski definition) is 0. The summed E-state index contributed by atoms with van der Waals surface area (Å²) >= 11 is 0. The van der Waals surface area contributed by atoms with E-state index in [2.05, 4.69) is 47.5 Å². The van der Waals surface area contributed by atoms with Crippen molar-refractivity contribution in [2.24, 2.45) is 0 Å². The summed E-state index contributed by atoms with van der Waals surface area (Å²) in [7, 11) is 0. The zero-order valence-electron chi connectivity index (χ0n) is 8.12. The quantitative estimate of drug-likeness (QED) is 0.653. The third kappa shape index (κ3) is 0.747. The van der Waals surface area contributed by atoms with Crippen molar-refractivity contribution in [3.8, 4) is 0 Å². The Morgan fingerprint density at radius 3 is 2.47 bits per heavy atom. The summed E-state index contributed by atoms with van der Waals surface area (Å²) in [6, 6.07) is 2.16. The average molecular weight is 191 g/mol. The number of rotatable bonds is 0. The summed E-state index contributed by atoms with van der Waals surface area (Å²) in [6.07, 6.45) is 15.0. The van der Waals surface area contributed by atoms with Gasteiger partial charge in [-0.15, -0.1) is 0 Å². The van der Waals surface area contributed by atoms with Crippen LogP contribution in [0.3, 0.4) is 0 Å². The van der Waals surface area contributed by atoms with Crippen LogP contribution in [0.15, 0.2) is 24.4 Å². The van der Waals surface area contributed by atoms with Gasteiger partial charge in [0.05, 0.1) is 5.52 Å². The van der Waals surface area contributed by atoms with Crippen LogP contribution in [-0.4, -0.2) is 4.98 Å². The molecule has 1 nitrogen and oxygen atoms in total. The SMILES string of the molecule is C1=Cc2c3c(c4[nH]ccc4c2=C1)=CC=C3. The Morgan fingerprint density at radius 2 is 1.60 bits per heavy atom. The predicted octanol–water partition coefficient (Wildman–Crippen LogP) is 1.78. The van der Waals surface area contributed by atoms with Gasteiger partial charge in [-0.3, -0.25) is 0 Å². The molecule has 4 rings (SSSR count). The third-order valence-corrected chi connectivity index (χ3v) is 3.23. The molecule has 0 unspecified atom stereocenters. The van der Waals surface area contributed by atoms with Gasteiger partial charge in [-0.1, -0.05) is 36.5 Å². The maximum atomic E-state index is 3.33. The fourth-order valence-electron chi connectivity index (χ4n) is 2.58. The minimum Gasteiger partial charge on any atom is -0.361 e. The first-order chi connectivity index (χ1) is 7.45. The molecule has 0 fully saturated rings. The lowest BCUT2D eigenvalue weighted by atomic mass is 10.0. The Balaban J connectivity index is 2.46. The molecule has 1 heterocycles. The highest BCUT2D eigenvalue weighted by Gasteiger charge is 2.12. The second-order valence-electron chi connectivity index (χ2n) is 3.97. The number of fused-ring (bicyclic) bond motifs is 6. The molecule has 1 aromatic heterocycles. The number of aromatic amines is 1. The number of nitrogens with one attached hydrogen (secondary N) is 1. The van der Waals surface area contributed by atoms with Crippen molar-refractivity contribution in [1.29, 1.82) is 0 Å². The zero-order chi connectivity index (χ0) is 9.83. The average Bonchev–Trinajstić information content (AvgIpc) is 2.97. The van der Waals surface area contributed by atoms with Crippen LogP contribution in [0.25, 0.3) is 35.2 Å². The molecular weight excluding hydrogens is 182 g/mol. The molecule has 1 heteroatoms. The minimum atomic E-state index is 1.26. The number of aromatic nitrogens is 1. The van der Waals surface area contributed by atoms with Gasteiger partial charge in [0.25, 0.3) is 0 Å². The topological polar surface area (TPSA) is 15.8 Å². The molecule has 0 amide bonds. The summed E-state index contributed by atoms with van der Waals surface area (Å²) in [5, 5.41) is 4.01. The van der Waals surface area contributed by atoms with Gasteiger partial charge in [-0.25, -0.2) is 0 Å². The van der Waals surface area contributed by atoms with E-state index in [4.69, 9.17) is 0 Å². The molecule has 0 saturated heterocycles. The Kier molecular flexibility index (Phi) is 1.13. The Morgan fingerprint density at radius 1 is 0.867 bits per heavy atom. The number of allylic oxidation sites excluding steroid dienone is 2. The number of benzene rings is 1. The molecule has 2 aliphatic rings. The van der Waals surface area contributed by atoms with Crippen molar-refractivity contribution in [3.05, 3.63) is 46.0 Å². The van der Waals surface area contributed by atoms with Crippen LogP contribution in [-0.2, 0) is 0 Å². The number of hydrogen-bond donors (Lipinski definition) is 1. The van der Waals surface area contributed by atoms with Crippen LogP contribution >= 0.6 is 0 Å². The summed E-state index contributed by atoms with van der Waals surface area (Å²) in [4.78, 5) is 3.33. The lowest BCUT2D eigenvalue weighted by molar-refractivity contribution is 1.45. The van der Waals surface area contributed by atoms with Crippen LogP contribution in [0, 0.1) is 0 Å². The van der Waals surface area contributed by atoms with Crippen molar-refractivity contribution in [3.63, 3.8) is 0 Å². The minimum absolute atomic E-state index is 1.26. The molecule has 2 aliphatic carbocycles. The van der Waals surface area contributed by atoms with Gasteiger partial charge < -0.3 is 4.98 Å². The van der Waals surface area contributed by atoms with E-state index in [1.807, 2.05) is 6.20 Å². The summed E-state index contributed by atoms with van der Waals surface area (Å²) in [5.74, 6) is 0. The van der Waals surface area contributed by atoms with Crippen molar-refractivity contribution < 1.29 is 0 Å². The third-order valence-electron chi connectivity index (χ3n) is 3.23. The van der Waals surface area contributed by atoms with E-state index in [1.54, 1.807) is 0 Å². The first-order valence-electron chi connectivity index (χ1n) is 5.15. The molecule has 2 aromatic rings. The monoisotopic (exact) mass is 191 g/mol. The van der Waals surface area contributed by atoms with Crippen LogP contribution in [0.5, 0.6) is 0 Å². The van der Waals surface area contributed by atoms with Gasteiger partial charge in [0.1, 0.15) is 0 Å². The molecule has 1 N–H and O–H groups in total. The first kappa shape index (κ1) is 7.30. The fraction of sp³-hybridized carbons (Fsp3) is 0. The fourth-order valence-corrected chi connectivity index (χ4v) is 2.58. The Labute approximate surface area is 86.7 Å². The van der Waals surface area contributed by atoms with E-state index in [0.717, 1.165) is 0 Å². The highest BCUT2D eigenvalue weighted by Crippen LogP contribution is 2.17. The van der Waals surface area contributed by atoms with Crippen molar-refractivity contribution >= 4 is 35.2 Å². The van der Waals surface area contributed by atoms with Gasteiger partial charge in [0.15, 0.2) is 0 Å². The second kappa shape index (κ2) is 2.31. The Hall–Kier alpha value is -2.02. The molecule has 0 bridgehead atoms. The van der Waals surface area contributed by atoms with Crippen LogP contribution < -0.4 is 10.4 Å². The van der Waals surface area contributed by atoms with Gasteiger partial charge in [-0.2, -0.15) is 0 Å². The highest BCUT2D eigenvalue weighted by atomic mass is 14.7. The molecule has 0 aliphatic heterocycles. The van der Waals surface area contributed by atoms with Gasteiger partial charge in [-0.05, 0) is 22.4 Å². The maximum absolute atomic E-state index is 3.33. The first-order valence-corrected chi connectivity index (χ1v) is 5.15. The zero-order valence-corrected chi connectivity index (χ0v) is 8.12. The van der Waals surface area contributed by atoms with E-state index in [9.17, 15) is 0 Å². The summed E-state index contributed by atoms with van der Waals surface area (Å²) in [5.41, 5.74) is 3.97. The largest absolute Gasteiger partial charge is 0.361 e.